The summed E-state index contributed by atoms with van der Waals surface area (Å²) in [6.07, 6.45) is 5.23. The van der Waals surface area contributed by atoms with Crippen molar-refractivity contribution in [2.75, 3.05) is 26.0 Å². The van der Waals surface area contributed by atoms with Crippen LogP contribution in [0.25, 0.3) is 0 Å². The molecule has 7 nitrogen and oxygen atoms in total. The molecule has 0 aromatic heterocycles. The summed E-state index contributed by atoms with van der Waals surface area (Å²) in [5, 5.41) is 2.60. The van der Waals surface area contributed by atoms with E-state index in [1.165, 1.54) is 57.6 Å². The van der Waals surface area contributed by atoms with Crippen molar-refractivity contribution in [3.63, 3.8) is 0 Å². The first-order valence-corrected chi connectivity index (χ1v) is 10.7. The Kier molecular flexibility index (Phi) is 5.86. The second-order valence-corrected chi connectivity index (χ2v) is 9.81. The number of amides is 1. The molecule has 2 aliphatic rings. The topological polar surface area (TPSA) is 92.8 Å². The molecule has 2 saturated carbocycles. The van der Waals surface area contributed by atoms with E-state index in [-0.39, 0.29) is 17.5 Å². The van der Waals surface area contributed by atoms with E-state index < -0.39 is 15.9 Å². The molecule has 0 heterocycles. The molecule has 2 bridgehead atoms. The summed E-state index contributed by atoms with van der Waals surface area (Å²) >= 11 is 0. The summed E-state index contributed by atoms with van der Waals surface area (Å²) in [7, 11) is -0.599. The van der Waals surface area contributed by atoms with Gasteiger partial charge in [0, 0.05) is 26.2 Å². The number of anilines is 1. The Balaban J connectivity index is 1.44. The minimum Gasteiger partial charge on any atom is -0.456 e. The predicted octanol–water partition coefficient (Wildman–Crippen LogP) is 2.24. The number of fused-ring (bicyclic) bond motifs is 2. The maximum absolute atomic E-state index is 12.0. The minimum absolute atomic E-state index is 0.141. The summed E-state index contributed by atoms with van der Waals surface area (Å²) in [6, 6.07) is 5.86. The molecule has 0 spiro atoms. The molecule has 2 aliphatic carbocycles. The van der Waals surface area contributed by atoms with Crippen LogP contribution in [0, 0.1) is 17.8 Å². The standard InChI is InChI=1S/C19H26N2O5S/c1-21(2)27(24,25)17-7-5-16(6-8-17)20-18(22)12-26-19(23)11-15-10-13-3-4-14(15)9-13/h5-8,13-15H,3-4,9-12H2,1-2H3,(H,20,22)/t13-,14-,15+/m1/s1. The van der Waals surface area contributed by atoms with Gasteiger partial charge in [-0.15, -0.1) is 0 Å². The van der Waals surface area contributed by atoms with Crippen LogP contribution in [-0.4, -0.2) is 45.3 Å². The van der Waals surface area contributed by atoms with E-state index in [0.29, 0.717) is 23.9 Å². The third kappa shape index (κ3) is 4.68. The van der Waals surface area contributed by atoms with Crippen molar-refractivity contribution in [3.05, 3.63) is 24.3 Å². The monoisotopic (exact) mass is 394 g/mol. The molecule has 148 valence electrons. The molecule has 2 fully saturated rings. The number of carbonyl (C=O) groups is 2. The number of nitrogens with zero attached hydrogens (tertiary/aromatic N) is 1. The third-order valence-electron chi connectivity index (χ3n) is 5.59. The number of hydrogen-bond donors (Lipinski definition) is 1. The molecule has 1 amide bonds. The molecule has 0 saturated heterocycles. The maximum atomic E-state index is 12.0. The van der Waals surface area contributed by atoms with Crippen LogP contribution in [0.5, 0.6) is 0 Å². The molecule has 0 aliphatic heterocycles. The van der Waals surface area contributed by atoms with E-state index in [1.54, 1.807) is 0 Å². The van der Waals surface area contributed by atoms with Crippen molar-refractivity contribution in [1.29, 1.82) is 0 Å². The third-order valence-corrected chi connectivity index (χ3v) is 7.42. The smallest absolute Gasteiger partial charge is 0.306 e. The molecule has 1 N–H and O–H groups in total. The van der Waals surface area contributed by atoms with E-state index in [1.807, 2.05) is 0 Å². The lowest BCUT2D eigenvalue weighted by molar-refractivity contribution is -0.148. The van der Waals surface area contributed by atoms with Crippen molar-refractivity contribution in [3.8, 4) is 0 Å². The van der Waals surface area contributed by atoms with E-state index >= 15 is 0 Å². The Morgan fingerprint density at radius 1 is 1.15 bits per heavy atom. The van der Waals surface area contributed by atoms with Gasteiger partial charge in [-0.3, -0.25) is 9.59 Å². The summed E-state index contributed by atoms with van der Waals surface area (Å²) in [5.41, 5.74) is 0.446. The fraction of sp³-hybridized carbons (Fsp3) is 0.579. The molecule has 3 atom stereocenters. The Hall–Kier alpha value is -1.93. The van der Waals surface area contributed by atoms with Gasteiger partial charge in [0.1, 0.15) is 0 Å². The van der Waals surface area contributed by atoms with E-state index in [2.05, 4.69) is 5.32 Å². The van der Waals surface area contributed by atoms with Crippen LogP contribution in [0.15, 0.2) is 29.2 Å². The van der Waals surface area contributed by atoms with Crippen LogP contribution in [0.3, 0.4) is 0 Å². The Labute approximate surface area is 160 Å². The molecular formula is C19H26N2O5S. The summed E-state index contributed by atoms with van der Waals surface area (Å²) in [4.78, 5) is 24.1. The quantitative estimate of drug-likeness (QED) is 0.716. The largest absolute Gasteiger partial charge is 0.456 e. The molecule has 0 radical (unpaired) electrons. The van der Waals surface area contributed by atoms with Crippen molar-refractivity contribution in [2.24, 2.45) is 17.8 Å². The fourth-order valence-corrected chi connectivity index (χ4v) is 5.07. The van der Waals surface area contributed by atoms with Gasteiger partial charge in [-0.25, -0.2) is 12.7 Å². The number of rotatable bonds is 7. The van der Waals surface area contributed by atoms with E-state index in [9.17, 15) is 18.0 Å². The second kappa shape index (κ2) is 7.98. The lowest BCUT2D eigenvalue weighted by Gasteiger charge is -2.20. The Morgan fingerprint density at radius 2 is 1.85 bits per heavy atom. The zero-order valence-corrected chi connectivity index (χ0v) is 16.5. The molecule has 1 aromatic carbocycles. The van der Waals surface area contributed by atoms with Crippen LogP contribution in [-0.2, 0) is 24.3 Å². The van der Waals surface area contributed by atoms with Gasteiger partial charge in [0.15, 0.2) is 6.61 Å². The van der Waals surface area contributed by atoms with E-state index in [4.69, 9.17) is 4.74 Å². The van der Waals surface area contributed by atoms with Gasteiger partial charge in [0.2, 0.25) is 10.0 Å². The van der Waals surface area contributed by atoms with Gasteiger partial charge in [-0.05, 0) is 61.3 Å². The second-order valence-electron chi connectivity index (χ2n) is 7.66. The summed E-state index contributed by atoms with van der Waals surface area (Å²) < 4.78 is 30.2. The van der Waals surface area contributed by atoms with Gasteiger partial charge < -0.3 is 10.1 Å². The molecule has 27 heavy (non-hydrogen) atoms. The molecule has 8 heteroatoms. The van der Waals surface area contributed by atoms with Crippen molar-refractivity contribution < 1.29 is 22.7 Å². The number of hydrogen-bond acceptors (Lipinski definition) is 5. The van der Waals surface area contributed by atoms with Crippen LogP contribution in [0.2, 0.25) is 0 Å². The average molecular weight is 394 g/mol. The van der Waals surface area contributed by atoms with Gasteiger partial charge in [-0.2, -0.15) is 0 Å². The van der Waals surface area contributed by atoms with Crippen LogP contribution in [0.4, 0.5) is 5.69 Å². The predicted molar refractivity (Wildman–Crippen MR) is 100 cm³/mol. The lowest BCUT2D eigenvalue weighted by atomic mass is 9.86. The fourth-order valence-electron chi connectivity index (χ4n) is 4.16. The first-order chi connectivity index (χ1) is 12.8. The van der Waals surface area contributed by atoms with E-state index in [0.717, 1.165) is 16.6 Å². The Bertz CT molecular complexity index is 804. The van der Waals surface area contributed by atoms with Crippen LogP contribution < -0.4 is 5.32 Å². The highest BCUT2D eigenvalue weighted by molar-refractivity contribution is 7.89. The molecular weight excluding hydrogens is 368 g/mol. The normalized spacial score (nSPS) is 24.2. The lowest BCUT2D eigenvalue weighted by Crippen LogP contribution is -2.23. The zero-order chi connectivity index (χ0) is 19.6. The number of sulfonamides is 1. The minimum atomic E-state index is -3.51. The van der Waals surface area contributed by atoms with Crippen molar-refractivity contribution in [2.45, 2.75) is 37.0 Å². The number of carbonyl (C=O) groups excluding carboxylic acids is 2. The Morgan fingerprint density at radius 3 is 2.41 bits per heavy atom. The number of nitrogens with one attached hydrogen (secondary N) is 1. The van der Waals surface area contributed by atoms with Gasteiger partial charge >= 0.3 is 5.97 Å². The number of benzene rings is 1. The molecule has 1 aromatic rings. The highest BCUT2D eigenvalue weighted by Gasteiger charge is 2.40. The first kappa shape index (κ1) is 19.8. The van der Waals surface area contributed by atoms with Crippen molar-refractivity contribution >= 4 is 27.6 Å². The SMILES string of the molecule is CN(C)S(=O)(=O)c1ccc(NC(=O)COC(=O)C[C@@H]2C[C@@H]3CC[C@@H]2C3)cc1. The number of esters is 1. The highest BCUT2D eigenvalue weighted by Crippen LogP contribution is 2.49. The highest BCUT2D eigenvalue weighted by atomic mass is 32.2. The summed E-state index contributed by atoms with van der Waals surface area (Å²) in [6.45, 7) is -0.336. The van der Waals surface area contributed by atoms with Gasteiger partial charge in [0.05, 0.1) is 4.90 Å². The summed E-state index contributed by atoms with van der Waals surface area (Å²) in [5.74, 6) is 1.06. The van der Waals surface area contributed by atoms with Crippen LogP contribution >= 0.6 is 0 Å². The van der Waals surface area contributed by atoms with Crippen molar-refractivity contribution in [1.82, 2.24) is 4.31 Å². The average Bonchev–Trinajstić information content (AvgIpc) is 3.23. The first-order valence-electron chi connectivity index (χ1n) is 9.24. The molecule has 0 unspecified atom stereocenters. The van der Waals surface area contributed by atoms with Crippen LogP contribution in [0.1, 0.15) is 32.1 Å². The zero-order valence-electron chi connectivity index (χ0n) is 15.7. The van der Waals surface area contributed by atoms with Gasteiger partial charge in [-0.1, -0.05) is 6.42 Å². The molecule has 3 rings (SSSR count). The maximum Gasteiger partial charge on any atom is 0.306 e. The number of ether oxygens (including phenoxy) is 1. The van der Waals surface area contributed by atoms with Gasteiger partial charge in [0.25, 0.3) is 5.91 Å².